The summed E-state index contributed by atoms with van der Waals surface area (Å²) in [5.41, 5.74) is 0. The molecule has 1 unspecified atom stereocenters. The first-order valence-electron chi connectivity index (χ1n) is 7.22. The molecule has 1 aromatic rings. The van der Waals surface area contributed by atoms with Crippen LogP contribution >= 0.6 is 11.8 Å². The number of para-hydroxylation sites is 1. The summed E-state index contributed by atoms with van der Waals surface area (Å²) in [6, 6.07) is 9.10. The lowest BCUT2D eigenvalue weighted by molar-refractivity contribution is -0.146. The Morgan fingerprint density at radius 1 is 1.26 bits per heavy atom. The summed E-state index contributed by atoms with van der Waals surface area (Å²) in [6.45, 7) is 3.12. The van der Waals surface area contributed by atoms with E-state index in [1.165, 1.54) is 11.8 Å². The van der Waals surface area contributed by atoms with Crippen LogP contribution in [0.25, 0.3) is 0 Å². The average Bonchev–Trinajstić information content (AvgIpc) is 2.51. The second-order valence-electron chi connectivity index (χ2n) is 5.02. The molecule has 1 aromatic carbocycles. The molecule has 0 aromatic heterocycles. The number of carboxylic acid groups (broad SMARTS) is 1. The van der Waals surface area contributed by atoms with Crippen molar-refractivity contribution >= 4 is 28.8 Å². The van der Waals surface area contributed by atoms with Gasteiger partial charge in [0.1, 0.15) is 18.9 Å². The molecule has 0 aliphatic heterocycles. The summed E-state index contributed by atoms with van der Waals surface area (Å²) in [5, 5.41) is 8.89. The molecule has 1 amide bonds. The van der Waals surface area contributed by atoms with Gasteiger partial charge in [0, 0.05) is 18.6 Å². The van der Waals surface area contributed by atoms with Gasteiger partial charge in [-0.1, -0.05) is 36.9 Å². The van der Waals surface area contributed by atoms with Gasteiger partial charge in [-0.25, -0.2) is 0 Å². The number of hydrogen-bond acceptors (Lipinski definition) is 5. The van der Waals surface area contributed by atoms with Gasteiger partial charge in [-0.2, -0.15) is 0 Å². The molecule has 0 saturated heterocycles. The van der Waals surface area contributed by atoms with Crippen molar-refractivity contribution in [3.63, 3.8) is 0 Å². The third-order valence-corrected chi connectivity index (χ3v) is 4.04. The van der Waals surface area contributed by atoms with Crippen molar-refractivity contribution in [1.29, 1.82) is 0 Å². The fourth-order valence-corrected chi connectivity index (χ4v) is 2.47. The monoisotopic (exact) mass is 339 g/mol. The first-order valence-corrected chi connectivity index (χ1v) is 8.20. The maximum absolute atomic E-state index is 12.3. The number of carboxylic acids is 1. The molecule has 0 aliphatic carbocycles. The third kappa shape index (κ3) is 7.69. The van der Waals surface area contributed by atoms with Crippen LogP contribution in [0, 0.1) is 5.92 Å². The number of nitrogens with zero attached hydrogens (tertiary/aromatic N) is 1. The minimum atomic E-state index is -1.08. The summed E-state index contributed by atoms with van der Waals surface area (Å²) in [5.74, 6) is -0.804. The molecule has 7 heteroatoms. The van der Waals surface area contributed by atoms with Gasteiger partial charge in [0.2, 0.25) is 5.91 Å². The van der Waals surface area contributed by atoms with Gasteiger partial charge < -0.3 is 14.7 Å². The maximum atomic E-state index is 12.3. The molecule has 126 valence electrons. The van der Waals surface area contributed by atoms with E-state index in [9.17, 15) is 14.4 Å². The fourth-order valence-electron chi connectivity index (χ4n) is 1.85. The number of benzene rings is 1. The van der Waals surface area contributed by atoms with Crippen LogP contribution in [0.1, 0.15) is 13.8 Å². The standard InChI is InChI=1S/C16H21NO5S/c1-12(11-23-13(2)18)16(21)17(10-15(19)20)8-9-22-14-6-4-3-5-7-14/h3-7,12H,8-11H2,1-2H3,(H,19,20). The number of ether oxygens (including phenoxy) is 1. The molecule has 1 atom stereocenters. The van der Waals surface area contributed by atoms with Gasteiger partial charge in [-0.05, 0) is 12.1 Å². The van der Waals surface area contributed by atoms with Gasteiger partial charge in [0.15, 0.2) is 5.12 Å². The van der Waals surface area contributed by atoms with Crippen molar-refractivity contribution in [1.82, 2.24) is 4.90 Å². The topological polar surface area (TPSA) is 83.9 Å². The van der Waals surface area contributed by atoms with Crippen molar-refractivity contribution in [2.24, 2.45) is 5.92 Å². The van der Waals surface area contributed by atoms with Crippen molar-refractivity contribution in [3.8, 4) is 5.75 Å². The first-order chi connectivity index (χ1) is 10.9. The minimum absolute atomic E-state index is 0.0677. The Labute approximate surface area is 139 Å². The van der Waals surface area contributed by atoms with Crippen molar-refractivity contribution < 1.29 is 24.2 Å². The Balaban J connectivity index is 2.55. The molecule has 0 heterocycles. The first kappa shape index (κ1) is 19.0. The maximum Gasteiger partial charge on any atom is 0.323 e. The lowest BCUT2D eigenvalue weighted by Crippen LogP contribution is -2.42. The van der Waals surface area contributed by atoms with E-state index in [2.05, 4.69) is 0 Å². The highest BCUT2D eigenvalue weighted by atomic mass is 32.2. The molecule has 1 N–H and O–H groups in total. The predicted molar refractivity (Wildman–Crippen MR) is 88.5 cm³/mol. The molecule has 23 heavy (non-hydrogen) atoms. The zero-order valence-electron chi connectivity index (χ0n) is 13.2. The molecular formula is C16H21NO5S. The van der Waals surface area contributed by atoms with Crippen LogP contribution in [0.2, 0.25) is 0 Å². The number of carbonyl (C=O) groups is 3. The number of rotatable bonds is 9. The van der Waals surface area contributed by atoms with E-state index in [-0.39, 0.29) is 30.7 Å². The zero-order chi connectivity index (χ0) is 17.2. The molecule has 0 spiro atoms. The molecule has 1 rings (SSSR count). The summed E-state index contributed by atoms with van der Waals surface area (Å²) >= 11 is 1.06. The molecule has 0 bridgehead atoms. The van der Waals surface area contributed by atoms with Crippen LogP contribution in [0.4, 0.5) is 0 Å². The van der Waals surface area contributed by atoms with Crippen LogP contribution in [0.5, 0.6) is 5.75 Å². The van der Waals surface area contributed by atoms with Gasteiger partial charge >= 0.3 is 5.97 Å². The molecule has 6 nitrogen and oxygen atoms in total. The van der Waals surface area contributed by atoms with E-state index in [1.807, 2.05) is 18.2 Å². The lowest BCUT2D eigenvalue weighted by atomic mass is 10.2. The van der Waals surface area contributed by atoms with Gasteiger partial charge in [0.05, 0.1) is 6.54 Å². The van der Waals surface area contributed by atoms with Crippen LogP contribution in [-0.2, 0) is 14.4 Å². The normalized spacial score (nSPS) is 11.6. The summed E-state index contributed by atoms with van der Waals surface area (Å²) in [6.07, 6.45) is 0. The van der Waals surface area contributed by atoms with Crippen LogP contribution in [0.15, 0.2) is 30.3 Å². The van der Waals surface area contributed by atoms with E-state index in [4.69, 9.17) is 9.84 Å². The largest absolute Gasteiger partial charge is 0.492 e. The Bertz CT molecular complexity index is 535. The number of thioether (sulfide) groups is 1. The summed E-state index contributed by atoms with van der Waals surface area (Å²) in [7, 11) is 0. The Hall–Kier alpha value is -2.02. The highest BCUT2D eigenvalue weighted by Crippen LogP contribution is 2.13. The van der Waals surface area contributed by atoms with Gasteiger partial charge in [0.25, 0.3) is 0 Å². The fraction of sp³-hybridized carbons (Fsp3) is 0.438. The van der Waals surface area contributed by atoms with E-state index in [1.54, 1.807) is 19.1 Å². The summed E-state index contributed by atoms with van der Waals surface area (Å²) in [4.78, 5) is 35.5. The quantitative estimate of drug-likeness (QED) is 0.740. The van der Waals surface area contributed by atoms with E-state index in [0.717, 1.165) is 11.8 Å². The SMILES string of the molecule is CC(=O)SCC(C)C(=O)N(CCOc1ccccc1)CC(=O)O. The summed E-state index contributed by atoms with van der Waals surface area (Å²) < 4.78 is 5.50. The smallest absolute Gasteiger partial charge is 0.323 e. The second-order valence-corrected chi connectivity index (χ2v) is 6.22. The molecule has 0 fully saturated rings. The van der Waals surface area contributed by atoms with Crippen LogP contribution < -0.4 is 4.74 Å². The predicted octanol–water partition coefficient (Wildman–Crippen LogP) is 1.89. The van der Waals surface area contributed by atoms with E-state index >= 15 is 0 Å². The van der Waals surface area contributed by atoms with Crippen molar-refractivity contribution in [3.05, 3.63) is 30.3 Å². The Kier molecular flexibility index (Phi) is 8.18. The van der Waals surface area contributed by atoms with Crippen LogP contribution in [-0.4, -0.2) is 52.4 Å². The number of hydrogen-bond donors (Lipinski definition) is 1. The highest BCUT2D eigenvalue weighted by molar-refractivity contribution is 8.13. The second kappa shape index (κ2) is 9.89. The lowest BCUT2D eigenvalue weighted by Gasteiger charge is -2.24. The van der Waals surface area contributed by atoms with Crippen LogP contribution in [0.3, 0.4) is 0 Å². The zero-order valence-corrected chi connectivity index (χ0v) is 14.0. The van der Waals surface area contributed by atoms with Crippen molar-refractivity contribution in [2.75, 3.05) is 25.4 Å². The molecule has 0 aliphatic rings. The Morgan fingerprint density at radius 3 is 2.48 bits per heavy atom. The van der Waals surface area contributed by atoms with E-state index in [0.29, 0.717) is 11.5 Å². The third-order valence-electron chi connectivity index (χ3n) is 2.97. The van der Waals surface area contributed by atoms with Crippen molar-refractivity contribution in [2.45, 2.75) is 13.8 Å². The van der Waals surface area contributed by atoms with E-state index < -0.39 is 11.9 Å². The molecule has 0 radical (unpaired) electrons. The number of carbonyl (C=O) groups excluding carboxylic acids is 2. The highest BCUT2D eigenvalue weighted by Gasteiger charge is 2.23. The molecule has 0 saturated carbocycles. The minimum Gasteiger partial charge on any atom is -0.492 e. The number of amides is 1. The molecular weight excluding hydrogens is 318 g/mol. The van der Waals surface area contributed by atoms with Gasteiger partial charge in [-0.3, -0.25) is 14.4 Å². The average molecular weight is 339 g/mol. The van der Waals surface area contributed by atoms with Gasteiger partial charge in [-0.15, -0.1) is 0 Å². The number of aliphatic carboxylic acids is 1. The Morgan fingerprint density at radius 2 is 1.91 bits per heavy atom.